The lowest BCUT2D eigenvalue weighted by Crippen LogP contribution is -2.39. The summed E-state index contributed by atoms with van der Waals surface area (Å²) in [6, 6.07) is 0. The van der Waals surface area contributed by atoms with Crippen LogP contribution in [0.25, 0.3) is 0 Å². The Hall–Kier alpha value is -1.28. The van der Waals surface area contributed by atoms with E-state index in [9.17, 15) is 0 Å². The minimum Gasteiger partial charge on any atom is -0.458 e. The Bertz CT molecular complexity index is 399. The van der Waals surface area contributed by atoms with E-state index in [0.717, 1.165) is 24.2 Å². The molecule has 0 saturated heterocycles. The summed E-state index contributed by atoms with van der Waals surface area (Å²) in [7, 11) is 0. The zero-order valence-electron chi connectivity index (χ0n) is 10.8. The zero-order valence-corrected chi connectivity index (χ0v) is 10.8. The molecule has 0 aromatic rings. The van der Waals surface area contributed by atoms with Gasteiger partial charge in [-0.05, 0) is 44.9 Å². The number of rotatable bonds is 4. The lowest BCUT2D eigenvalue weighted by molar-refractivity contribution is -0.204. The molecule has 2 aliphatic carbocycles. The average molecular weight is 232 g/mol. The highest BCUT2D eigenvalue weighted by molar-refractivity contribution is 5.28. The van der Waals surface area contributed by atoms with Crippen LogP contribution >= 0.6 is 0 Å². The molecule has 0 heterocycles. The van der Waals surface area contributed by atoms with E-state index >= 15 is 0 Å². The molecule has 0 aromatic carbocycles. The number of allylic oxidation sites excluding steroid dienone is 5. The predicted molar refractivity (Wildman–Crippen MR) is 69.4 cm³/mol. The van der Waals surface area contributed by atoms with Crippen molar-refractivity contribution >= 4 is 0 Å². The van der Waals surface area contributed by atoms with Crippen LogP contribution < -0.4 is 0 Å². The van der Waals surface area contributed by atoms with Crippen molar-refractivity contribution < 1.29 is 9.47 Å². The summed E-state index contributed by atoms with van der Waals surface area (Å²) in [5, 5.41) is 0. The van der Waals surface area contributed by atoms with Crippen LogP contribution in [0.2, 0.25) is 0 Å². The second-order valence-corrected chi connectivity index (χ2v) is 4.75. The quantitative estimate of drug-likeness (QED) is 0.685. The molecule has 0 bridgehead atoms. The molecule has 1 atom stereocenters. The van der Waals surface area contributed by atoms with Gasteiger partial charge in [0.05, 0.1) is 6.10 Å². The van der Waals surface area contributed by atoms with E-state index in [1.54, 1.807) is 0 Å². The molecule has 2 rings (SSSR count). The standard InChI is InChI=1S/C15H20O2/c1-12(2)16-15(11-7-6-8-13(15)3)17-14-9-4-5-10-14/h4,6-10,12H,5,11H2,1-3H3. The van der Waals surface area contributed by atoms with E-state index in [1.165, 1.54) is 0 Å². The van der Waals surface area contributed by atoms with Crippen molar-refractivity contribution in [3.8, 4) is 0 Å². The van der Waals surface area contributed by atoms with Gasteiger partial charge in [0.2, 0.25) is 5.79 Å². The molecule has 0 radical (unpaired) electrons. The van der Waals surface area contributed by atoms with Crippen molar-refractivity contribution in [2.45, 2.75) is 45.5 Å². The van der Waals surface area contributed by atoms with E-state index in [4.69, 9.17) is 9.47 Å². The first-order valence-electron chi connectivity index (χ1n) is 6.20. The second kappa shape index (κ2) is 4.92. The Kier molecular flexibility index (Phi) is 3.53. The highest BCUT2D eigenvalue weighted by Gasteiger charge is 2.37. The Labute approximate surface area is 103 Å². The van der Waals surface area contributed by atoms with Crippen LogP contribution in [-0.4, -0.2) is 11.9 Å². The van der Waals surface area contributed by atoms with Gasteiger partial charge in [0, 0.05) is 6.42 Å². The van der Waals surface area contributed by atoms with Crippen molar-refractivity contribution in [3.05, 3.63) is 47.8 Å². The molecule has 0 N–H and O–H groups in total. The van der Waals surface area contributed by atoms with Crippen LogP contribution in [0.4, 0.5) is 0 Å². The monoisotopic (exact) mass is 232 g/mol. The third-order valence-electron chi connectivity index (χ3n) is 2.92. The van der Waals surface area contributed by atoms with Crippen LogP contribution in [0.15, 0.2) is 47.8 Å². The third kappa shape index (κ3) is 2.70. The van der Waals surface area contributed by atoms with Crippen LogP contribution in [-0.2, 0) is 9.47 Å². The lowest BCUT2D eigenvalue weighted by atomic mass is 9.98. The normalized spacial score (nSPS) is 27.3. The molecule has 0 saturated carbocycles. The van der Waals surface area contributed by atoms with Crippen molar-refractivity contribution in [1.29, 1.82) is 0 Å². The Morgan fingerprint density at radius 2 is 2.12 bits per heavy atom. The van der Waals surface area contributed by atoms with Gasteiger partial charge in [-0.2, -0.15) is 0 Å². The molecular weight excluding hydrogens is 212 g/mol. The predicted octanol–water partition coefficient (Wildman–Crippen LogP) is 3.87. The zero-order chi connectivity index (χ0) is 12.3. The maximum atomic E-state index is 6.10. The first-order valence-corrected chi connectivity index (χ1v) is 6.20. The fourth-order valence-corrected chi connectivity index (χ4v) is 2.09. The van der Waals surface area contributed by atoms with E-state index in [0.29, 0.717) is 0 Å². The minimum absolute atomic E-state index is 0.135. The van der Waals surface area contributed by atoms with Crippen LogP contribution in [0.1, 0.15) is 33.6 Å². The molecule has 17 heavy (non-hydrogen) atoms. The summed E-state index contributed by atoms with van der Waals surface area (Å²) in [4.78, 5) is 0. The van der Waals surface area contributed by atoms with E-state index in [1.807, 2.05) is 19.9 Å². The van der Waals surface area contributed by atoms with Gasteiger partial charge in [0.25, 0.3) is 0 Å². The maximum Gasteiger partial charge on any atom is 0.237 e. The van der Waals surface area contributed by atoms with Crippen LogP contribution in [0.5, 0.6) is 0 Å². The van der Waals surface area contributed by atoms with Gasteiger partial charge in [-0.1, -0.05) is 24.3 Å². The summed E-state index contributed by atoms with van der Waals surface area (Å²) in [5.41, 5.74) is 1.12. The molecule has 2 heteroatoms. The van der Waals surface area contributed by atoms with Crippen molar-refractivity contribution in [2.24, 2.45) is 0 Å². The summed E-state index contributed by atoms with van der Waals surface area (Å²) in [5.74, 6) is 0.289. The van der Waals surface area contributed by atoms with Crippen LogP contribution in [0, 0.1) is 0 Å². The minimum atomic E-state index is -0.622. The molecule has 0 aliphatic heterocycles. The topological polar surface area (TPSA) is 18.5 Å². The molecule has 92 valence electrons. The smallest absolute Gasteiger partial charge is 0.237 e. The first-order chi connectivity index (χ1) is 8.12. The number of ether oxygens (including phenoxy) is 2. The lowest BCUT2D eigenvalue weighted by Gasteiger charge is -2.37. The van der Waals surface area contributed by atoms with Gasteiger partial charge in [0.15, 0.2) is 0 Å². The molecule has 2 aliphatic rings. The highest BCUT2D eigenvalue weighted by atomic mass is 16.7. The van der Waals surface area contributed by atoms with Gasteiger partial charge in [-0.3, -0.25) is 0 Å². The van der Waals surface area contributed by atoms with E-state index < -0.39 is 5.79 Å². The van der Waals surface area contributed by atoms with Gasteiger partial charge in [-0.25, -0.2) is 0 Å². The Morgan fingerprint density at radius 3 is 2.71 bits per heavy atom. The van der Waals surface area contributed by atoms with Crippen LogP contribution in [0.3, 0.4) is 0 Å². The van der Waals surface area contributed by atoms with Crippen molar-refractivity contribution in [2.75, 3.05) is 0 Å². The molecule has 2 nitrogen and oxygen atoms in total. The number of hydrogen-bond donors (Lipinski definition) is 0. The van der Waals surface area contributed by atoms with Gasteiger partial charge in [-0.15, -0.1) is 0 Å². The third-order valence-corrected chi connectivity index (χ3v) is 2.92. The highest BCUT2D eigenvalue weighted by Crippen LogP contribution is 2.35. The molecular formula is C15H20O2. The summed E-state index contributed by atoms with van der Waals surface area (Å²) >= 11 is 0. The van der Waals surface area contributed by atoms with Crippen molar-refractivity contribution in [1.82, 2.24) is 0 Å². The van der Waals surface area contributed by atoms with Crippen molar-refractivity contribution in [3.63, 3.8) is 0 Å². The fourth-order valence-electron chi connectivity index (χ4n) is 2.09. The van der Waals surface area contributed by atoms with E-state index in [-0.39, 0.29) is 6.10 Å². The van der Waals surface area contributed by atoms with Gasteiger partial charge >= 0.3 is 0 Å². The molecule has 1 unspecified atom stereocenters. The first kappa shape index (κ1) is 12.2. The summed E-state index contributed by atoms with van der Waals surface area (Å²) in [6.07, 6.45) is 14.2. The SMILES string of the molecule is CC1=CC=CCC1(OC1=CCC=C1)OC(C)C. The summed E-state index contributed by atoms with van der Waals surface area (Å²) in [6.45, 7) is 6.14. The largest absolute Gasteiger partial charge is 0.458 e. The average Bonchev–Trinajstić information content (AvgIpc) is 2.74. The maximum absolute atomic E-state index is 6.10. The molecule has 0 amide bonds. The Morgan fingerprint density at radius 1 is 1.29 bits per heavy atom. The molecule has 0 aromatic heterocycles. The second-order valence-electron chi connectivity index (χ2n) is 4.75. The Balaban J connectivity index is 2.20. The fraction of sp³-hybridized carbons (Fsp3) is 0.467. The van der Waals surface area contributed by atoms with E-state index in [2.05, 4.69) is 37.3 Å². The number of hydrogen-bond acceptors (Lipinski definition) is 2. The molecule has 0 fully saturated rings. The molecule has 0 spiro atoms. The van der Waals surface area contributed by atoms with Gasteiger partial charge in [0.1, 0.15) is 5.76 Å². The van der Waals surface area contributed by atoms with Gasteiger partial charge < -0.3 is 9.47 Å². The summed E-state index contributed by atoms with van der Waals surface area (Å²) < 4.78 is 12.1.